The molecule has 0 unspecified atom stereocenters. The number of alkyl halides is 3. The molecule has 0 spiro atoms. The Hall–Kier alpha value is -2.02. The molecule has 0 saturated carbocycles. The molecule has 2 rings (SSSR count). The zero-order valence-corrected chi connectivity index (χ0v) is 12.8. The van der Waals surface area contributed by atoms with Gasteiger partial charge < -0.3 is 10.6 Å². The molecule has 0 radical (unpaired) electrons. The van der Waals surface area contributed by atoms with E-state index in [1.54, 1.807) is 12.1 Å². The number of urea groups is 1. The molecular formula is C15H12BrF3N2O. The summed E-state index contributed by atoms with van der Waals surface area (Å²) in [6.07, 6.45) is -4.52. The highest BCUT2D eigenvalue weighted by molar-refractivity contribution is 9.10. The molecule has 0 fully saturated rings. The Morgan fingerprint density at radius 2 is 1.68 bits per heavy atom. The summed E-state index contributed by atoms with van der Waals surface area (Å²) in [4.78, 5) is 11.8. The van der Waals surface area contributed by atoms with Crippen LogP contribution in [0.15, 0.2) is 53.0 Å². The van der Waals surface area contributed by atoms with Gasteiger partial charge in [-0.05, 0) is 23.8 Å². The number of hydrogen-bond acceptors (Lipinski definition) is 1. The summed E-state index contributed by atoms with van der Waals surface area (Å²) in [6.45, 7) is 0.196. The molecule has 0 bridgehead atoms. The molecule has 0 aliphatic heterocycles. The monoisotopic (exact) mass is 372 g/mol. The van der Waals surface area contributed by atoms with Crippen molar-refractivity contribution in [2.45, 2.75) is 12.7 Å². The molecule has 2 aromatic rings. The molecule has 116 valence electrons. The second kappa shape index (κ2) is 6.83. The molecule has 2 N–H and O–H groups in total. The van der Waals surface area contributed by atoms with Crippen LogP contribution in [0.25, 0.3) is 0 Å². The summed E-state index contributed by atoms with van der Waals surface area (Å²) < 4.78 is 39.3. The molecule has 0 heterocycles. The van der Waals surface area contributed by atoms with E-state index in [1.807, 2.05) is 12.1 Å². The van der Waals surface area contributed by atoms with E-state index in [9.17, 15) is 18.0 Å². The highest BCUT2D eigenvalue weighted by Crippen LogP contribution is 2.34. The van der Waals surface area contributed by atoms with Gasteiger partial charge in [-0.3, -0.25) is 0 Å². The normalized spacial score (nSPS) is 11.1. The van der Waals surface area contributed by atoms with Gasteiger partial charge in [0.15, 0.2) is 0 Å². The number of rotatable bonds is 3. The van der Waals surface area contributed by atoms with Crippen LogP contribution < -0.4 is 10.6 Å². The summed E-state index contributed by atoms with van der Waals surface area (Å²) in [5, 5.41) is 4.74. The number of carbonyl (C=O) groups excluding carboxylic acids is 1. The highest BCUT2D eigenvalue weighted by atomic mass is 79.9. The Kier molecular flexibility index (Phi) is 5.07. The van der Waals surface area contributed by atoms with Crippen molar-refractivity contribution >= 4 is 27.6 Å². The van der Waals surface area contributed by atoms with E-state index >= 15 is 0 Å². The Bertz CT molecular complexity index is 674. The first kappa shape index (κ1) is 16.4. The molecule has 0 aliphatic carbocycles. The summed E-state index contributed by atoms with van der Waals surface area (Å²) in [6, 6.07) is 11.4. The van der Waals surface area contributed by atoms with E-state index in [4.69, 9.17) is 0 Å². The van der Waals surface area contributed by atoms with Crippen molar-refractivity contribution in [3.63, 3.8) is 0 Å². The van der Waals surface area contributed by atoms with Crippen molar-refractivity contribution < 1.29 is 18.0 Å². The zero-order valence-electron chi connectivity index (χ0n) is 11.2. The standard InChI is InChI=1S/C15H12BrF3N2O/c16-12-7-3-1-5-10(12)9-20-14(22)21-13-8-4-2-6-11(13)15(17,18)19/h1-8H,9H2,(H2,20,21,22). The van der Waals surface area contributed by atoms with Crippen LogP contribution in [0.5, 0.6) is 0 Å². The maximum atomic E-state index is 12.8. The minimum absolute atomic E-state index is 0.196. The number of anilines is 1. The minimum atomic E-state index is -4.52. The van der Waals surface area contributed by atoms with E-state index in [-0.39, 0.29) is 12.2 Å². The Labute approximate surface area is 133 Å². The van der Waals surface area contributed by atoms with Gasteiger partial charge >= 0.3 is 12.2 Å². The maximum absolute atomic E-state index is 12.8. The van der Waals surface area contributed by atoms with Gasteiger partial charge in [0.1, 0.15) is 0 Å². The topological polar surface area (TPSA) is 41.1 Å². The third-order valence-electron chi connectivity index (χ3n) is 2.88. The molecule has 7 heteroatoms. The largest absolute Gasteiger partial charge is 0.418 e. The van der Waals surface area contributed by atoms with Crippen molar-refractivity contribution in [2.24, 2.45) is 0 Å². The molecule has 22 heavy (non-hydrogen) atoms. The molecule has 3 nitrogen and oxygen atoms in total. The van der Waals surface area contributed by atoms with Crippen LogP contribution in [-0.2, 0) is 12.7 Å². The summed E-state index contributed by atoms with van der Waals surface area (Å²) in [5.74, 6) is 0. The van der Waals surface area contributed by atoms with Crippen molar-refractivity contribution in [1.29, 1.82) is 0 Å². The van der Waals surface area contributed by atoms with Gasteiger partial charge in [0, 0.05) is 11.0 Å². The number of amides is 2. The summed E-state index contributed by atoms with van der Waals surface area (Å²) in [5.41, 5.74) is -0.340. The molecule has 0 atom stereocenters. The molecule has 2 amide bonds. The lowest BCUT2D eigenvalue weighted by atomic mass is 10.1. The minimum Gasteiger partial charge on any atom is -0.334 e. The number of carbonyl (C=O) groups is 1. The van der Waals surface area contributed by atoms with Gasteiger partial charge in [-0.1, -0.05) is 46.3 Å². The summed E-state index contributed by atoms with van der Waals surface area (Å²) in [7, 11) is 0. The third kappa shape index (κ3) is 4.24. The molecule has 0 saturated heterocycles. The highest BCUT2D eigenvalue weighted by Gasteiger charge is 2.33. The lowest BCUT2D eigenvalue weighted by Gasteiger charge is -2.14. The smallest absolute Gasteiger partial charge is 0.334 e. The second-order valence-corrected chi connectivity index (χ2v) is 5.30. The average Bonchev–Trinajstić information content (AvgIpc) is 2.46. The van der Waals surface area contributed by atoms with Crippen LogP contribution in [0, 0.1) is 0 Å². The van der Waals surface area contributed by atoms with E-state index in [0.29, 0.717) is 0 Å². The first-order valence-electron chi connectivity index (χ1n) is 6.32. The van der Waals surface area contributed by atoms with E-state index < -0.39 is 17.8 Å². The molecular weight excluding hydrogens is 361 g/mol. The first-order valence-corrected chi connectivity index (χ1v) is 7.11. The molecule has 0 aromatic heterocycles. The molecule has 0 aliphatic rings. The number of benzene rings is 2. The van der Waals surface area contributed by atoms with Gasteiger partial charge in [0.25, 0.3) is 0 Å². The summed E-state index contributed by atoms with van der Waals surface area (Å²) >= 11 is 3.33. The quantitative estimate of drug-likeness (QED) is 0.798. The number of nitrogens with one attached hydrogen (secondary N) is 2. The fourth-order valence-corrected chi connectivity index (χ4v) is 2.25. The number of hydrogen-bond donors (Lipinski definition) is 2. The molecule has 2 aromatic carbocycles. The Balaban J connectivity index is 2.03. The third-order valence-corrected chi connectivity index (χ3v) is 3.65. The fourth-order valence-electron chi connectivity index (χ4n) is 1.82. The van der Waals surface area contributed by atoms with Gasteiger partial charge in [-0.15, -0.1) is 0 Å². The van der Waals surface area contributed by atoms with Crippen molar-refractivity contribution in [3.05, 3.63) is 64.1 Å². The predicted molar refractivity (Wildman–Crippen MR) is 81.4 cm³/mol. The SMILES string of the molecule is O=C(NCc1ccccc1Br)Nc1ccccc1C(F)(F)F. The van der Waals surface area contributed by atoms with Gasteiger partial charge in [0.2, 0.25) is 0 Å². The van der Waals surface area contributed by atoms with E-state index in [2.05, 4.69) is 26.6 Å². The van der Waals surface area contributed by atoms with Crippen molar-refractivity contribution in [1.82, 2.24) is 5.32 Å². The van der Waals surface area contributed by atoms with Crippen LogP contribution in [0.3, 0.4) is 0 Å². The zero-order chi connectivity index (χ0) is 16.2. The Morgan fingerprint density at radius 3 is 2.36 bits per heavy atom. The van der Waals surface area contributed by atoms with Crippen LogP contribution in [-0.4, -0.2) is 6.03 Å². The van der Waals surface area contributed by atoms with Crippen LogP contribution in [0.2, 0.25) is 0 Å². The van der Waals surface area contributed by atoms with E-state index in [0.717, 1.165) is 16.1 Å². The Morgan fingerprint density at radius 1 is 1.05 bits per heavy atom. The van der Waals surface area contributed by atoms with E-state index in [1.165, 1.54) is 18.2 Å². The lowest BCUT2D eigenvalue weighted by molar-refractivity contribution is -0.136. The second-order valence-electron chi connectivity index (χ2n) is 4.44. The van der Waals surface area contributed by atoms with Crippen molar-refractivity contribution in [2.75, 3.05) is 5.32 Å². The maximum Gasteiger partial charge on any atom is 0.418 e. The average molecular weight is 373 g/mol. The predicted octanol–water partition coefficient (Wildman–Crippen LogP) is 4.79. The van der Waals surface area contributed by atoms with Crippen LogP contribution in [0.1, 0.15) is 11.1 Å². The first-order chi connectivity index (χ1) is 10.4. The van der Waals surface area contributed by atoms with Crippen molar-refractivity contribution in [3.8, 4) is 0 Å². The van der Waals surface area contributed by atoms with Crippen LogP contribution >= 0.6 is 15.9 Å². The number of halogens is 4. The fraction of sp³-hybridized carbons (Fsp3) is 0.133. The van der Waals surface area contributed by atoms with Gasteiger partial charge in [-0.2, -0.15) is 13.2 Å². The van der Waals surface area contributed by atoms with Gasteiger partial charge in [0.05, 0.1) is 11.3 Å². The lowest BCUT2D eigenvalue weighted by Crippen LogP contribution is -2.29. The number of para-hydroxylation sites is 1. The van der Waals surface area contributed by atoms with Gasteiger partial charge in [-0.25, -0.2) is 4.79 Å². The van der Waals surface area contributed by atoms with Crippen LogP contribution in [0.4, 0.5) is 23.7 Å².